The van der Waals surface area contributed by atoms with Crippen molar-refractivity contribution in [3.63, 3.8) is 0 Å². The molecule has 18 heavy (non-hydrogen) atoms. The third-order valence-corrected chi connectivity index (χ3v) is 3.40. The predicted octanol–water partition coefficient (Wildman–Crippen LogP) is 1.51. The van der Waals surface area contributed by atoms with Gasteiger partial charge < -0.3 is 10.0 Å². The van der Waals surface area contributed by atoms with E-state index in [0.29, 0.717) is 6.54 Å². The monoisotopic (exact) mass is 269 g/mol. The second-order valence-corrected chi connectivity index (χ2v) is 4.81. The van der Waals surface area contributed by atoms with Gasteiger partial charge in [0.05, 0.1) is 12.6 Å². The number of rotatable bonds is 2. The molecule has 5 nitrogen and oxygen atoms in total. The molecule has 1 unspecified atom stereocenters. The molecule has 1 N–H and O–H groups in total. The summed E-state index contributed by atoms with van der Waals surface area (Å²) < 4.78 is 0. The Morgan fingerprint density at radius 2 is 2.22 bits per heavy atom. The average molecular weight is 270 g/mol. The molecule has 2 rings (SSSR count). The van der Waals surface area contributed by atoms with Gasteiger partial charge in [0.2, 0.25) is 0 Å². The molecule has 0 spiro atoms. The number of carbonyl (C=O) groups is 1. The van der Waals surface area contributed by atoms with Gasteiger partial charge in [0.1, 0.15) is 0 Å². The Bertz CT molecular complexity index is 410. The topological polar surface area (TPSA) is 66.3 Å². The minimum atomic E-state index is -0.180. The molecule has 2 heterocycles. The zero-order chi connectivity index (χ0) is 13.0. The van der Waals surface area contributed by atoms with Gasteiger partial charge in [-0.2, -0.15) is 0 Å². The maximum absolute atomic E-state index is 12.3. The quantitative estimate of drug-likeness (QED) is 0.884. The fourth-order valence-electron chi connectivity index (χ4n) is 2.21. The van der Waals surface area contributed by atoms with E-state index >= 15 is 0 Å². The molecule has 1 aromatic heterocycles. The lowest BCUT2D eigenvalue weighted by Gasteiger charge is -2.28. The van der Waals surface area contributed by atoms with E-state index < -0.39 is 0 Å². The first-order valence-corrected chi connectivity index (χ1v) is 6.51. The normalized spacial score (nSPS) is 20.6. The van der Waals surface area contributed by atoms with Gasteiger partial charge in [-0.1, -0.05) is 24.4 Å². The highest BCUT2D eigenvalue weighted by molar-refractivity contribution is 6.29. The maximum atomic E-state index is 12.3. The summed E-state index contributed by atoms with van der Waals surface area (Å²) in [7, 11) is 0. The smallest absolute Gasteiger partial charge is 0.274 e. The molecule has 1 aromatic rings. The van der Waals surface area contributed by atoms with Crippen molar-refractivity contribution in [3.8, 4) is 0 Å². The molecule has 1 aliphatic rings. The zero-order valence-electron chi connectivity index (χ0n) is 10.0. The molecule has 0 radical (unpaired) electrons. The van der Waals surface area contributed by atoms with Crippen molar-refractivity contribution in [2.45, 2.75) is 31.7 Å². The van der Waals surface area contributed by atoms with Crippen LogP contribution in [0, 0.1) is 0 Å². The van der Waals surface area contributed by atoms with Gasteiger partial charge in [0, 0.05) is 6.54 Å². The summed E-state index contributed by atoms with van der Waals surface area (Å²) in [6.07, 6.45) is 3.93. The number of aliphatic hydroxyl groups excluding tert-OH is 1. The lowest BCUT2D eigenvalue weighted by atomic mass is 10.1. The van der Waals surface area contributed by atoms with Crippen molar-refractivity contribution in [1.29, 1.82) is 0 Å². The van der Waals surface area contributed by atoms with Crippen molar-refractivity contribution in [1.82, 2.24) is 15.1 Å². The van der Waals surface area contributed by atoms with Crippen LogP contribution in [0.5, 0.6) is 0 Å². The summed E-state index contributed by atoms with van der Waals surface area (Å²) >= 11 is 5.65. The van der Waals surface area contributed by atoms with Crippen molar-refractivity contribution in [3.05, 3.63) is 23.0 Å². The number of aromatic nitrogens is 2. The van der Waals surface area contributed by atoms with Gasteiger partial charge in [0.25, 0.3) is 5.91 Å². The number of hydrogen-bond acceptors (Lipinski definition) is 4. The highest BCUT2D eigenvalue weighted by Crippen LogP contribution is 2.18. The minimum Gasteiger partial charge on any atom is -0.394 e. The molecule has 1 aliphatic heterocycles. The first-order chi connectivity index (χ1) is 8.72. The maximum Gasteiger partial charge on any atom is 0.274 e. The Morgan fingerprint density at radius 3 is 2.89 bits per heavy atom. The average Bonchev–Trinajstić information content (AvgIpc) is 2.63. The summed E-state index contributed by atoms with van der Waals surface area (Å²) in [5.41, 5.74) is 0.278. The Kier molecular flexibility index (Phi) is 4.49. The molecule has 0 aromatic carbocycles. The van der Waals surface area contributed by atoms with Gasteiger partial charge in [-0.15, -0.1) is 10.2 Å². The van der Waals surface area contributed by atoms with Crippen molar-refractivity contribution >= 4 is 17.5 Å². The van der Waals surface area contributed by atoms with Crippen LogP contribution in [0.1, 0.15) is 36.2 Å². The predicted molar refractivity (Wildman–Crippen MR) is 67.4 cm³/mol. The molecule has 1 fully saturated rings. The number of aliphatic hydroxyl groups is 1. The van der Waals surface area contributed by atoms with Crippen LogP contribution in [0.4, 0.5) is 0 Å². The van der Waals surface area contributed by atoms with Crippen LogP contribution in [-0.2, 0) is 0 Å². The van der Waals surface area contributed by atoms with E-state index in [1.165, 1.54) is 0 Å². The fourth-order valence-corrected chi connectivity index (χ4v) is 2.31. The summed E-state index contributed by atoms with van der Waals surface area (Å²) in [4.78, 5) is 14.0. The lowest BCUT2D eigenvalue weighted by molar-refractivity contribution is 0.0593. The van der Waals surface area contributed by atoms with E-state index in [1.807, 2.05) is 0 Å². The standard InChI is InChI=1S/C12H16ClN3O2/c13-11-6-5-10(14-15-11)12(18)16-7-3-1-2-4-9(16)8-17/h5-6,9,17H,1-4,7-8H2. The second-order valence-electron chi connectivity index (χ2n) is 4.43. The van der Waals surface area contributed by atoms with E-state index in [-0.39, 0.29) is 29.4 Å². The second kappa shape index (κ2) is 6.11. The van der Waals surface area contributed by atoms with E-state index in [9.17, 15) is 9.90 Å². The van der Waals surface area contributed by atoms with Gasteiger partial charge >= 0.3 is 0 Å². The highest BCUT2D eigenvalue weighted by atomic mass is 35.5. The third-order valence-electron chi connectivity index (χ3n) is 3.20. The molecule has 0 bridgehead atoms. The molecule has 1 amide bonds. The molecule has 0 saturated carbocycles. The SMILES string of the molecule is O=C(c1ccc(Cl)nn1)N1CCCCCC1CO. The summed E-state index contributed by atoms with van der Waals surface area (Å²) in [5, 5.41) is 17.1. The summed E-state index contributed by atoms with van der Waals surface area (Å²) in [5.74, 6) is -0.180. The summed E-state index contributed by atoms with van der Waals surface area (Å²) in [6.45, 7) is 0.654. The van der Waals surface area contributed by atoms with Crippen molar-refractivity contribution < 1.29 is 9.90 Å². The van der Waals surface area contributed by atoms with Gasteiger partial charge in [-0.25, -0.2) is 0 Å². The van der Waals surface area contributed by atoms with Crippen LogP contribution < -0.4 is 0 Å². The highest BCUT2D eigenvalue weighted by Gasteiger charge is 2.26. The largest absolute Gasteiger partial charge is 0.394 e. The lowest BCUT2D eigenvalue weighted by Crippen LogP contribution is -2.42. The Balaban J connectivity index is 2.17. The van der Waals surface area contributed by atoms with E-state index in [0.717, 1.165) is 25.7 Å². The molecule has 1 atom stereocenters. The number of halogens is 1. The molecule has 98 valence electrons. The van der Waals surface area contributed by atoms with Crippen LogP contribution in [-0.4, -0.2) is 45.3 Å². The van der Waals surface area contributed by atoms with Crippen molar-refractivity contribution in [2.24, 2.45) is 0 Å². The van der Waals surface area contributed by atoms with Crippen LogP contribution in [0.3, 0.4) is 0 Å². The van der Waals surface area contributed by atoms with E-state index in [1.54, 1.807) is 17.0 Å². The van der Waals surface area contributed by atoms with E-state index in [4.69, 9.17) is 11.6 Å². The van der Waals surface area contributed by atoms with Crippen LogP contribution in [0.25, 0.3) is 0 Å². The Labute approximate surface area is 111 Å². The first-order valence-electron chi connectivity index (χ1n) is 6.13. The van der Waals surface area contributed by atoms with Crippen molar-refractivity contribution in [2.75, 3.05) is 13.2 Å². The minimum absolute atomic E-state index is 0.00718. The number of nitrogens with zero attached hydrogens (tertiary/aromatic N) is 3. The Morgan fingerprint density at radius 1 is 1.39 bits per heavy atom. The summed E-state index contributed by atoms with van der Waals surface area (Å²) in [6, 6.07) is 3.00. The van der Waals surface area contributed by atoms with Crippen LogP contribution in [0.15, 0.2) is 12.1 Å². The zero-order valence-corrected chi connectivity index (χ0v) is 10.8. The first kappa shape index (κ1) is 13.2. The van der Waals surface area contributed by atoms with Gasteiger partial charge in [0.15, 0.2) is 10.8 Å². The number of amides is 1. The number of carbonyl (C=O) groups excluding carboxylic acids is 1. The molecule has 0 aliphatic carbocycles. The number of hydrogen-bond donors (Lipinski definition) is 1. The van der Waals surface area contributed by atoms with Gasteiger partial charge in [-0.05, 0) is 25.0 Å². The van der Waals surface area contributed by atoms with E-state index in [2.05, 4.69) is 10.2 Å². The van der Waals surface area contributed by atoms with Gasteiger partial charge in [-0.3, -0.25) is 4.79 Å². The Hall–Kier alpha value is -1.20. The molecular formula is C12H16ClN3O2. The van der Waals surface area contributed by atoms with Crippen LogP contribution >= 0.6 is 11.6 Å². The number of likely N-dealkylation sites (tertiary alicyclic amines) is 1. The third kappa shape index (κ3) is 2.97. The molecule has 1 saturated heterocycles. The fraction of sp³-hybridized carbons (Fsp3) is 0.583. The molecule has 6 heteroatoms. The van der Waals surface area contributed by atoms with Crippen LogP contribution in [0.2, 0.25) is 5.15 Å². The molecular weight excluding hydrogens is 254 g/mol.